The molecule has 0 unspecified atom stereocenters. The van der Waals surface area contributed by atoms with Crippen LogP contribution < -0.4 is 21.1 Å². The Labute approximate surface area is 182 Å². The summed E-state index contributed by atoms with van der Waals surface area (Å²) in [6, 6.07) is 11.9. The lowest BCUT2D eigenvalue weighted by Gasteiger charge is -2.18. The van der Waals surface area contributed by atoms with Crippen LogP contribution in [0, 0.1) is 0 Å². The van der Waals surface area contributed by atoms with Crippen LogP contribution in [-0.4, -0.2) is 28.2 Å². The molecule has 1 aliphatic heterocycles. The van der Waals surface area contributed by atoms with Gasteiger partial charge >= 0.3 is 0 Å². The summed E-state index contributed by atoms with van der Waals surface area (Å²) in [6.07, 6.45) is 2.34. The number of aryl methyl sites for hydroxylation is 1. The number of amides is 2. The van der Waals surface area contributed by atoms with Crippen molar-refractivity contribution in [2.24, 2.45) is 0 Å². The van der Waals surface area contributed by atoms with E-state index in [-0.39, 0.29) is 17.9 Å². The Morgan fingerprint density at radius 3 is 2.65 bits per heavy atom. The molecule has 0 aliphatic carbocycles. The molecule has 0 atom stereocenters. The monoisotopic (exact) mass is 438 g/mol. The highest BCUT2D eigenvalue weighted by Gasteiger charge is 2.20. The maximum absolute atomic E-state index is 12.8. The lowest BCUT2D eigenvalue weighted by atomic mass is 10.1. The molecular weight excluding hydrogens is 420 g/mol. The zero-order valence-electron chi connectivity index (χ0n) is 16.6. The average Bonchev–Trinajstić information content (AvgIpc) is 2.78. The molecule has 3 aromatic rings. The summed E-state index contributed by atoms with van der Waals surface area (Å²) in [4.78, 5) is 37.9. The van der Waals surface area contributed by atoms with Gasteiger partial charge in [-0.1, -0.05) is 36.7 Å². The minimum Gasteiger partial charge on any atom is -0.488 e. The number of hydrogen-bond donors (Lipinski definition) is 2. The molecule has 0 fully saturated rings. The van der Waals surface area contributed by atoms with Crippen molar-refractivity contribution in [2.45, 2.75) is 19.9 Å². The highest BCUT2D eigenvalue weighted by molar-refractivity contribution is 6.30. The predicted molar refractivity (Wildman–Crippen MR) is 117 cm³/mol. The number of nitrogens with zero attached hydrogens (tertiary/aromatic N) is 2. The van der Waals surface area contributed by atoms with Gasteiger partial charge in [-0.25, -0.2) is 4.68 Å². The van der Waals surface area contributed by atoms with Gasteiger partial charge in [0.15, 0.2) is 5.69 Å². The van der Waals surface area contributed by atoms with Crippen LogP contribution in [0.15, 0.2) is 52.8 Å². The third kappa shape index (κ3) is 4.15. The molecule has 0 saturated carbocycles. The van der Waals surface area contributed by atoms with Gasteiger partial charge in [-0.2, -0.15) is 5.10 Å². The fourth-order valence-corrected chi connectivity index (χ4v) is 3.48. The summed E-state index contributed by atoms with van der Waals surface area (Å²) in [5.74, 6) is -0.529. The quantitative estimate of drug-likeness (QED) is 0.610. The molecule has 0 spiro atoms. The van der Waals surface area contributed by atoms with Gasteiger partial charge in [0.25, 0.3) is 17.4 Å². The van der Waals surface area contributed by atoms with E-state index >= 15 is 0 Å². The number of hydrazine groups is 1. The third-order valence-electron chi connectivity index (χ3n) is 4.78. The Kier molecular flexibility index (Phi) is 5.73. The number of aromatic nitrogens is 2. The molecule has 2 heterocycles. The van der Waals surface area contributed by atoms with Crippen molar-refractivity contribution < 1.29 is 14.3 Å². The van der Waals surface area contributed by atoms with Crippen LogP contribution in [-0.2, 0) is 11.3 Å². The van der Waals surface area contributed by atoms with E-state index in [0.29, 0.717) is 45.6 Å². The number of halogens is 1. The van der Waals surface area contributed by atoms with Gasteiger partial charge < -0.3 is 4.74 Å². The van der Waals surface area contributed by atoms with E-state index in [0.717, 1.165) is 0 Å². The van der Waals surface area contributed by atoms with Crippen molar-refractivity contribution in [2.75, 3.05) is 6.61 Å². The van der Waals surface area contributed by atoms with E-state index in [1.54, 1.807) is 48.5 Å². The van der Waals surface area contributed by atoms with Crippen molar-refractivity contribution >= 4 is 40.3 Å². The molecule has 9 heteroatoms. The Hall–Kier alpha value is -3.65. The number of rotatable bonds is 4. The van der Waals surface area contributed by atoms with Crippen molar-refractivity contribution in [3.63, 3.8) is 0 Å². The lowest BCUT2D eigenvalue weighted by molar-refractivity contribution is -0.118. The van der Waals surface area contributed by atoms with Crippen molar-refractivity contribution in [1.29, 1.82) is 0 Å². The first-order valence-electron chi connectivity index (χ1n) is 9.71. The van der Waals surface area contributed by atoms with Gasteiger partial charge in [0.1, 0.15) is 12.4 Å². The van der Waals surface area contributed by atoms with Gasteiger partial charge in [-0.05, 0) is 36.8 Å². The van der Waals surface area contributed by atoms with E-state index in [1.165, 1.54) is 4.68 Å². The van der Waals surface area contributed by atoms with Crippen LogP contribution in [0.4, 0.5) is 0 Å². The summed E-state index contributed by atoms with van der Waals surface area (Å²) in [6.45, 7) is 2.34. The number of benzene rings is 2. The minimum atomic E-state index is -0.629. The van der Waals surface area contributed by atoms with E-state index in [4.69, 9.17) is 16.3 Å². The smallest absolute Gasteiger partial charge is 0.290 e. The second-order valence-electron chi connectivity index (χ2n) is 6.97. The second-order valence-corrected chi connectivity index (χ2v) is 7.41. The molecule has 2 amide bonds. The first-order chi connectivity index (χ1) is 15.0. The highest BCUT2D eigenvalue weighted by atomic mass is 35.5. The highest BCUT2D eigenvalue weighted by Crippen LogP contribution is 2.28. The number of nitrogens with one attached hydrogen (secondary N) is 2. The molecule has 0 saturated heterocycles. The number of carbonyl (C=O) groups excluding carboxylic acids is 2. The molecule has 8 nitrogen and oxygen atoms in total. The van der Waals surface area contributed by atoms with Crippen LogP contribution in [0.2, 0.25) is 5.02 Å². The lowest BCUT2D eigenvalue weighted by Crippen LogP contribution is -2.44. The number of carbonyl (C=O) groups is 2. The molecule has 31 heavy (non-hydrogen) atoms. The van der Waals surface area contributed by atoms with Crippen LogP contribution in [0.1, 0.15) is 29.4 Å². The summed E-state index contributed by atoms with van der Waals surface area (Å²) in [5.41, 5.74) is 5.54. The third-order valence-corrected chi connectivity index (χ3v) is 5.02. The predicted octanol–water partition coefficient (Wildman–Crippen LogP) is 2.70. The van der Waals surface area contributed by atoms with Gasteiger partial charge in [0, 0.05) is 22.5 Å². The minimum absolute atomic E-state index is 0.0509. The van der Waals surface area contributed by atoms with Gasteiger partial charge in [0.05, 0.1) is 11.0 Å². The van der Waals surface area contributed by atoms with E-state index in [9.17, 15) is 14.4 Å². The van der Waals surface area contributed by atoms with E-state index in [1.807, 2.05) is 6.92 Å². The van der Waals surface area contributed by atoms with Crippen molar-refractivity contribution in [3.8, 4) is 5.75 Å². The average molecular weight is 439 g/mol. The number of hydrogen-bond acceptors (Lipinski definition) is 5. The summed E-state index contributed by atoms with van der Waals surface area (Å²) < 4.78 is 6.83. The molecule has 4 rings (SSSR count). The summed E-state index contributed by atoms with van der Waals surface area (Å²) in [7, 11) is 0. The van der Waals surface area contributed by atoms with Gasteiger partial charge in [-0.3, -0.25) is 25.2 Å². The van der Waals surface area contributed by atoms with Crippen LogP contribution >= 0.6 is 11.6 Å². The fourth-order valence-electron chi connectivity index (χ4n) is 3.30. The molecule has 0 radical (unpaired) electrons. The topological polar surface area (TPSA) is 102 Å². The summed E-state index contributed by atoms with van der Waals surface area (Å²) >= 11 is 5.99. The van der Waals surface area contributed by atoms with E-state index in [2.05, 4.69) is 16.0 Å². The molecule has 1 aliphatic rings. The number of fused-ring (bicyclic) bond motifs is 2. The first kappa shape index (κ1) is 20.6. The maximum Gasteiger partial charge on any atom is 0.290 e. The van der Waals surface area contributed by atoms with Crippen LogP contribution in [0.3, 0.4) is 0 Å². The normalized spacial score (nSPS) is 12.5. The largest absolute Gasteiger partial charge is 0.488 e. The van der Waals surface area contributed by atoms with Crippen molar-refractivity contribution in [1.82, 2.24) is 20.6 Å². The zero-order valence-corrected chi connectivity index (χ0v) is 17.4. The SMILES string of the molecule is CCCn1nc(C(=O)NNC(=O)C2=Cc3cc(Cl)ccc3OC2)c2ccccc2c1=O. The molecule has 1 aromatic heterocycles. The van der Waals surface area contributed by atoms with Crippen LogP contribution in [0.25, 0.3) is 16.8 Å². The Bertz CT molecular complexity index is 1280. The number of ether oxygens (including phenoxy) is 1. The van der Waals surface area contributed by atoms with E-state index < -0.39 is 11.8 Å². The second kappa shape index (κ2) is 8.61. The molecular formula is C22H19ClN4O4. The molecule has 2 N–H and O–H groups in total. The molecule has 2 aromatic carbocycles. The van der Waals surface area contributed by atoms with Gasteiger partial charge in [-0.15, -0.1) is 0 Å². The first-order valence-corrected chi connectivity index (χ1v) is 10.1. The Balaban J connectivity index is 1.55. The van der Waals surface area contributed by atoms with Crippen molar-refractivity contribution in [3.05, 3.63) is 74.7 Å². The van der Waals surface area contributed by atoms with Gasteiger partial charge in [0.2, 0.25) is 0 Å². The summed E-state index contributed by atoms with van der Waals surface area (Å²) in [5, 5.41) is 5.53. The Morgan fingerprint density at radius 2 is 1.87 bits per heavy atom. The van der Waals surface area contributed by atoms with Crippen LogP contribution in [0.5, 0.6) is 5.75 Å². The zero-order chi connectivity index (χ0) is 22.0. The maximum atomic E-state index is 12.8. The molecule has 0 bridgehead atoms. The fraction of sp³-hybridized carbons (Fsp3) is 0.182. The Morgan fingerprint density at radius 1 is 1.13 bits per heavy atom. The molecule has 158 valence electrons. The standard InChI is InChI=1S/C22H19ClN4O4/c1-2-9-27-22(30)17-6-4-3-5-16(17)19(26-27)21(29)25-24-20(28)14-10-13-11-15(23)7-8-18(13)31-12-14/h3-8,10-11H,2,9,12H2,1H3,(H,24,28)(H,25,29).